The topological polar surface area (TPSA) is 93.0 Å². The third kappa shape index (κ3) is 3.92. The second-order valence-electron chi connectivity index (χ2n) is 9.38. The molecule has 1 fully saturated rings. The molecule has 4 rings (SSSR count). The van der Waals surface area contributed by atoms with Crippen molar-refractivity contribution >= 4 is 23.4 Å². The maximum Gasteiger partial charge on any atom is 0.410 e. The number of hydrogen-bond acceptors (Lipinski definition) is 5. The van der Waals surface area contributed by atoms with Crippen LogP contribution in [-0.2, 0) is 21.5 Å². The molecule has 0 aliphatic carbocycles. The molecule has 0 N–H and O–H groups in total. The van der Waals surface area contributed by atoms with Crippen LogP contribution in [0.1, 0.15) is 44.7 Å². The molecule has 2 heterocycles. The highest BCUT2D eigenvalue weighted by atomic mass is 16.6. The summed E-state index contributed by atoms with van der Waals surface area (Å²) in [5.41, 5.74) is 0.844. The third-order valence-electron chi connectivity index (χ3n) is 6.10. The van der Waals surface area contributed by atoms with Gasteiger partial charge < -0.3 is 14.5 Å². The van der Waals surface area contributed by atoms with E-state index in [0.29, 0.717) is 43.7 Å². The molecule has 0 atom stereocenters. The average Bonchev–Trinajstić information content (AvgIpc) is 2.96. The number of amides is 2. The average molecular weight is 437 g/mol. The first kappa shape index (κ1) is 21.8. The van der Waals surface area contributed by atoms with Crippen LogP contribution in [0.5, 0.6) is 0 Å². The molecule has 0 saturated carbocycles. The minimum Gasteiger partial charge on any atom is -0.444 e. The third-order valence-corrected chi connectivity index (χ3v) is 6.10. The Morgan fingerprint density at radius 3 is 2.38 bits per heavy atom. The Balaban J connectivity index is 1.65. The molecule has 0 unspecified atom stereocenters. The highest BCUT2D eigenvalue weighted by Gasteiger charge is 2.53. The van der Waals surface area contributed by atoms with Gasteiger partial charge in [-0.3, -0.25) is 14.9 Å². The largest absolute Gasteiger partial charge is 0.444 e. The number of rotatable bonds is 3. The molecule has 1 spiro atoms. The van der Waals surface area contributed by atoms with E-state index in [1.807, 2.05) is 51.1 Å². The van der Waals surface area contributed by atoms with Gasteiger partial charge in [-0.25, -0.2) is 4.79 Å². The van der Waals surface area contributed by atoms with E-state index in [1.165, 1.54) is 12.1 Å². The number of nitro groups is 1. The molecule has 1 saturated heterocycles. The van der Waals surface area contributed by atoms with Crippen molar-refractivity contribution < 1.29 is 19.2 Å². The van der Waals surface area contributed by atoms with Crippen LogP contribution in [0.4, 0.5) is 16.2 Å². The molecule has 2 amide bonds. The van der Waals surface area contributed by atoms with Gasteiger partial charge in [0.05, 0.1) is 16.9 Å². The Morgan fingerprint density at radius 2 is 1.78 bits per heavy atom. The zero-order valence-electron chi connectivity index (χ0n) is 18.5. The molecule has 2 aliphatic heterocycles. The quantitative estimate of drug-likeness (QED) is 0.524. The molecule has 168 valence electrons. The van der Waals surface area contributed by atoms with Gasteiger partial charge in [0.2, 0.25) is 5.91 Å². The summed E-state index contributed by atoms with van der Waals surface area (Å²) >= 11 is 0. The van der Waals surface area contributed by atoms with E-state index >= 15 is 0 Å². The van der Waals surface area contributed by atoms with Crippen molar-refractivity contribution in [3.63, 3.8) is 0 Å². The van der Waals surface area contributed by atoms with Gasteiger partial charge in [0, 0.05) is 30.9 Å². The zero-order valence-corrected chi connectivity index (χ0v) is 18.5. The monoisotopic (exact) mass is 437 g/mol. The van der Waals surface area contributed by atoms with E-state index in [0.717, 1.165) is 5.56 Å². The minimum atomic E-state index is -0.880. The summed E-state index contributed by atoms with van der Waals surface area (Å²) in [4.78, 5) is 40.6. The molecule has 0 aromatic heterocycles. The fraction of sp³-hybridized carbons (Fsp3) is 0.417. The van der Waals surface area contributed by atoms with Crippen molar-refractivity contribution in [1.82, 2.24) is 4.90 Å². The first-order chi connectivity index (χ1) is 15.1. The fourth-order valence-corrected chi connectivity index (χ4v) is 4.54. The fourth-order valence-electron chi connectivity index (χ4n) is 4.54. The molecule has 0 bridgehead atoms. The molecule has 0 radical (unpaired) electrons. The van der Waals surface area contributed by atoms with Crippen molar-refractivity contribution in [2.75, 3.05) is 18.0 Å². The first-order valence-electron chi connectivity index (χ1n) is 10.7. The number of non-ortho nitro benzene ring substituents is 1. The molecule has 2 aliphatic rings. The molecule has 8 nitrogen and oxygen atoms in total. The first-order valence-corrected chi connectivity index (χ1v) is 10.7. The lowest BCUT2D eigenvalue weighted by molar-refractivity contribution is -0.384. The van der Waals surface area contributed by atoms with E-state index in [-0.39, 0.29) is 11.6 Å². The van der Waals surface area contributed by atoms with Crippen molar-refractivity contribution in [2.45, 2.75) is 51.2 Å². The highest BCUT2D eigenvalue weighted by molar-refractivity contribution is 6.08. The number of anilines is 1. The van der Waals surface area contributed by atoms with Crippen LogP contribution in [0, 0.1) is 10.1 Å². The second-order valence-corrected chi connectivity index (χ2v) is 9.38. The molecule has 8 heteroatoms. The summed E-state index contributed by atoms with van der Waals surface area (Å²) in [6.07, 6.45) is 0.382. The lowest BCUT2D eigenvalue weighted by Crippen LogP contribution is -2.50. The Morgan fingerprint density at radius 1 is 1.12 bits per heavy atom. The predicted molar refractivity (Wildman–Crippen MR) is 119 cm³/mol. The predicted octanol–water partition coefficient (Wildman–Crippen LogP) is 4.41. The maximum absolute atomic E-state index is 13.8. The van der Waals surface area contributed by atoms with Crippen LogP contribution >= 0.6 is 0 Å². The summed E-state index contributed by atoms with van der Waals surface area (Å²) in [5, 5.41) is 11.4. The van der Waals surface area contributed by atoms with Gasteiger partial charge in [0.25, 0.3) is 5.69 Å². The summed E-state index contributed by atoms with van der Waals surface area (Å²) < 4.78 is 5.48. The highest BCUT2D eigenvalue weighted by Crippen LogP contribution is 2.49. The van der Waals surface area contributed by atoms with E-state index in [4.69, 9.17) is 4.74 Å². The summed E-state index contributed by atoms with van der Waals surface area (Å²) in [6.45, 7) is 6.53. The van der Waals surface area contributed by atoms with Gasteiger partial charge in [-0.2, -0.15) is 0 Å². The number of hydrogen-bond donors (Lipinski definition) is 0. The van der Waals surface area contributed by atoms with Gasteiger partial charge in [-0.05, 0) is 50.8 Å². The molecule has 2 aromatic carbocycles. The Hall–Kier alpha value is -3.42. The number of nitro benzene ring substituents is 1. The maximum atomic E-state index is 13.8. The number of carbonyl (C=O) groups excluding carboxylic acids is 2. The number of carbonyl (C=O) groups is 2. The lowest BCUT2D eigenvalue weighted by Gasteiger charge is -2.38. The summed E-state index contributed by atoms with van der Waals surface area (Å²) in [6, 6.07) is 14.3. The molecule has 32 heavy (non-hydrogen) atoms. The van der Waals surface area contributed by atoms with Gasteiger partial charge in [0.1, 0.15) is 5.60 Å². The van der Waals surface area contributed by atoms with Crippen LogP contribution in [0.2, 0.25) is 0 Å². The number of fused-ring (bicyclic) bond motifs is 2. The number of ether oxygens (including phenoxy) is 1. The summed E-state index contributed by atoms with van der Waals surface area (Å²) in [5.74, 6) is -0.0688. The van der Waals surface area contributed by atoms with E-state index in [2.05, 4.69) is 0 Å². The van der Waals surface area contributed by atoms with Crippen LogP contribution in [0.25, 0.3) is 0 Å². The van der Waals surface area contributed by atoms with Gasteiger partial charge in [-0.1, -0.05) is 30.3 Å². The molecular weight excluding hydrogens is 410 g/mol. The number of likely N-dealkylation sites (tertiary alicyclic amines) is 1. The normalized spacial score (nSPS) is 17.4. The molecular formula is C24H27N3O5. The van der Waals surface area contributed by atoms with Gasteiger partial charge in [-0.15, -0.1) is 0 Å². The van der Waals surface area contributed by atoms with Crippen molar-refractivity contribution in [3.05, 3.63) is 69.8 Å². The molecule has 2 aromatic rings. The minimum absolute atomic E-state index is 0.0351. The number of nitrogens with zero attached hydrogens (tertiary/aromatic N) is 3. The SMILES string of the molecule is CC(C)(C)OC(=O)N1CCC2(CC1)C(=O)N(Cc1ccccc1)c1ccc([N+](=O)[O-])cc12. The Labute approximate surface area is 186 Å². The van der Waals surface area contributed by atoms with Crippen molar-refractivity contribution in [2.24, 2.45) is 0 Å². The zero-order chi connectivity index (χ0) is 23.1. The number of benzene rings is 2. The van der Waals surface area contributed by atoms with E-state index < -0.39 is 22.0 Å². The second kappa shape index (κ2) is 7.93. The summed E-state index contributed by atoms with van der Waals surface area (Å²) in [7, 11) is 0. The van der Waals surface area contributed by atoms with Crippen molar-refractivity contribution in [1.29, 1.82) is 0 Å². The van der Waals surface area contributed by atoms with Crippen molar-refractivity contribution in [3.8, 4) is 0 Å². The van der Waals surface area contributed by atoms with Crippen LogP contribution < -0.4 is 4.90 Å². The smallest absolute Gasteiger partial charge is 0.410 e. The van der Waals surface area contributed by atoms with Gasteiger partial charge >= 0.3 is 6.09 Å². The van der Waals surface area contributed by atoms with Crippen LogP contribution in [-0.4, -0.2) is 40.5 Å². The van der Waals surface area contributed by atoms with Crippen LogP contribution in [0.15, 0.2) is 48.5 Å². The Kier molecular flexibility index (Phi) is 5.40. The van der Waals surface area contributed by atoms with Crippen LogP contribution in [0.3, 0.4) is 0 Å². The van der Waals surface area contributed by atoms with E-state index in [1.54, 1.807) is 15.9 Å². The standard InChI is InChI=1S/C24H27N3O5/c1-23(2,3)32-22(29)25-13-11-24(12-14-25)19-15-18(27(30)31)9-10-20(19)26(21(24)28)16-17-7-5-4-6-8-17/h4-10,15H,11-14,16H2,1-3H3. The lowest BCUT2D eigenvalue weighted by atomic mass is 9.73. The number of piperidine rings is 1. The van der Waals surface area contributed by atoms with E-state index in [9.17, 15) is 19.7 Å². The Bertz CT molecular complexity index is 1050. The van der Waals surface area contributed by atoms with Gasteiger partial charge in [0.15, 0.2) is 0 Å².